The summed E-state index contributed by atoms with van der Waals surface area (Å²) in [5.74, 6) is 1.67. The van der Waals surface area contributed by atoms with Crippen molar-refractivity contribution in [1.29, 1.82) is 0 Å². The molecule has 2 aliphatic rings. The first-order valence-electron chi connectivity index (χ1n) is 13.8. The second-order valence-electron chi connectivity index (χ2n) is 10.6. The van der Waals surface area contributed by atoms with Crippen LogP contribution in [0.3, 0.4) is 0 Å². The molecule has 0 unspecified atom stereocenters. The first-order chi connectivity index (χ1) is 19.1. The zero-order valence-corrected chi connectivity index (χ0v) is 23.8. The van der Waals surface area contributed by atoms with Gasteiger partial charge in [-0.15, -0.1) is 0 Å². The summed E-state index contributed by atoms with van der Waals surface area (Å²) in [5.41, 5.74) is 2.06. The molecule has 0 aromatic heterocycles. The fourth-order valence-corrected chi connectivity index (χ4v) is 6.20. The molecule has 2 heterocycles. The fraction of sp³-hybridized carbons (Fsp3) is 0.567. The van der Waals surface area contributed by atoms with E-state index in [0.717, 1.165) is 74.3 Å². The summed E-state index contributed by atoms with van der Waals surface area (Å²) in [6, 6.07) is 9.89. The molecule has 0 N–H and O–H groups in total. The molecule has 220 valence electrons. The van der Waals surface area contributed by atoms with Gasteiger partial charge in [-0.05, 0) is 56.5 Å². The summed E-state index contributed by atoms with van der Waals surface area (Å²) in [5, 5.41) is 0. The smallest absolute Gasteiger partial charge is 0.416 e. The average Bonchev–Trinajstić information content (AvgIpc) is 2.96. The molecule has 40 heavy (non-hydrogen) atoms. The topological polar surface area (TPSA) is 54.5 Å². The first-order valence-corrected chi connectivity index (χ1v) is 13.8. The predicted octanol–water partition coefficient (Wildman–Crippen LogP) is 5.00. The summed E-state index contributed by atoms with van der Waals surface area (Å²) in [6.07, 6.45) is -2.32. The number of carbonyl (C=O) groups is 1. The SMILES string of the molecule is COC(=O)CC[C@@H]1CN(Cc2ccc(OC)c(C)c2OC)CC[C@@H]1N1CCN(c2cccc(C(F)(F)F)c2)CC1. The number of alkyl halides is 3. The summed E-state index contributed by atoms with van der Waals surface area (Å²) in [6.45, 7) is 7.32. The Morgan fingerprint density at radius 3 is 2.40 bits per heavy atom. The van der Waals surface area contributed by atoms with Gasteiger partial charge in [0, 0.05) is 68.5 Å². The Kier molecular flexibility index (Phi) is 9.84. The molecule has 10 heteroatoms. The molecular weight excluding hydrogens is 523 g/mol. The van der Waals surface area contributed by atoms with Crippen molar-refractivity contribution in [2.45, 2.75) is 44.9 Å². The molecule has 0 radical (unpaired) electrons. The number of halogens is 3. The number of nitrogens with zero attached hydrogens (tertiary/aromatic N) is 3. The van der Waals surface area contributed by atoms with Crippen LogP contribution in [-0.4, -0.2) is 82.4 Å². The lowest BCUT2D eigenvalue weighted by Crippen LogP contribution is -2.56. The number of piperidine rings is 1. The minimum absolute atomic E-state index is 0.210. The molecule has 0 spiro atoms. The Morgan fingerprint density at radius 2 is 1.75 bits per heavy atom. The Hall–Kier alpha value is -2.98. The molecule has 2 aliphatic heterocycles. The van der Waals surface area contributed by atoms with Crippen molar-refractivity contribution in [2.24, 2.45) is 5.92 Å². The number of carbonyl (C=O) groups excluding carboxylic acids is 1. The number of anilines is 1. The molecule has 2 aromatic rings. The minimum atomic E-state index is -4.35. The molecule has 2 saturated heterocycles. The summed E-state index contributed by atoms with van der Waals surface area (Å²) < 4.78 is 55.8. The van der Waals surface area contributed by atoms with Crippen LogP contribution in [0.15, 0.2) is 36.4 Å². The van der Waals surface area contributed by atoms with Crippen LogP contribution in [0.4, 0.5) is 18.9 Å². The van der Waals surface area contributed by atoms with Gasteiger partial charge in [-0.25, -0.2) is 0 Å². The van der Waals surface area contributed by atoms with Gasteiger partial charge < -0.3 is 19.1 Å². The Labute approximate surface area is 234 Å². The molecule has 0 amide bonds. The Bertz CT molecular complexity index is 1150. The second kappa shape index (κ2) is 13.1. The average molecular weight is 564 g/mol. The standard InChI is InChI=1S/C30H40F3N3O4/c1-21-27(38-2)10-8-23(29(21)40-4)20-34-13-12-26(22(19-34)9-11-28(37)39-3)36-16-14-35(15-17-36)25-7-5-6-24(18-25)30(31,32)33/h5-8,10,18,22,26H,9,11-17,19-20H2,1-4H3/t22-,26+/m1/s1. The van der Waals surface area contributed by atoms with Gasteiger partial charge in [0.1, 0.15) is 11.5 Å². The summed E-state index contributed by atoms with van der Waals surface area (Å²) in [7, 11) is 4.74. The van der Waals surface area contributed by atoms with Crippen molar-refractivity contribution in [3.8, 4) is 11.5 Å². The van der Waals surface area contributed by atoms with Crippen molar-refractivity contribution in [3.05, 3.63) is 53.1 Å². The number of ether oxygens (including phenoxy) is 3. The Morgan fingerprint density at radius 1 is 1.00 bits per heavy atom. The second-order valence-corrected chi connectivity index (χ2v) is 10.6. The van der Waals surface area contributed by atoms with E-state index in [9.17, 15) is 18.0 Å². The largest absolute Gasteiger partial charge is 0.496 e. The maximum absolute atomic E-state index is 13.2. The van der Waals surface area contributed by atoms with E-state index in [0.29, 0.717) is 31.2 Å². The highest BCUT2D eigenvalue weighted by atomic mass is 19.4. The molecule has 7 nitrogen and oxygen atoms in total. The van der Waals surface area contributed by atoms with Crippen LogP contribution in [-0.2, 0) is 22.3 Å². The van der Waals surface area contributed by atoms with Gasteiger partial charge in [0.15, 0.2) is 0 Å². The number of hydrogen-bond acceptors (Lipinski definition) is 7. The Balaban J connectivity index is 1.43. The van der Waals surface area contributed by atoms with E-state index >= 15 is 0 Å². The highest BCUT2D eigenvalue weighted by Crippen LogP contribution is 2.35. The van der Waals surface area contributed by atoms with Crippen molar-refractivity contribution >= 4 is 11.7 Å². The molecule has 2 aromatic carbocycles. The van der Waals surface area contributed by atoms with Gasteiger partial charge in [0.25, 0.3) is 0 Å². The van der Waals surface area contributed by atoms with Gasteiger partial charge in [-0.2, -0.15) is 13.2 Å². The number of rotatable bonds is 9. The van der Waals surface area contributed by atoms with Gasteiger partial charge in [-0.1, -0.05) is 12.1 Å². The normalized spacial score (nSPS) is 20.8. The number of hydrogen-bond donors (Lipinski definition) is 0. The van der Waals surface area contributed by atoms with Crippen molar-refractivity contribution in [2.75, 3.05) is 65.5 Å². The van der Waals surface area contributed by atoms with Gasteiger partial charge in [0.2, 0.25) is 0 Å². The first kappa shape index (κ1) is 30.0. The highest BCUT2D eigenvalue weighted by Gasteiger charge is 2.36. The molecule has 2 atom stereocenters. The number of likely N-dealkylation sites (tertiary alicyclic amines) is 1. The van der Waals surface area contributed by atoms with E-state index in [1.165, 1.54) is 19.2 Å². The molecule has 2 fully saturated rings. The quantitative estimate of drug-likeness (QED) is 0.398. The third-order valence-electron chi connectivity index (χ3n) is 8.30. The summed E-state index contributed by atoms with van der Waals surface area (Å²) in [4.78, 5) is 18.9. The van der Waals surface area contributed by atoms with E-state index in [2.05, 4.69) is 9.80 Å². The lowest BCUT2D eigenvalue weighted by Gasteiger charge is -2.47. The number of benzene rings is 2. The van der Waals surface area contributed by atoms with E-state index in [-0.39, 0.29) is 11.9 Å². The lowest BCUT2D eigenvalue weighted by molar-refractivity contribution is -0.141. The van der Waals surface area contributed by atoms with E-state index < -0.39 is 11.7 Å². The highest BCUT2D eigenvalue weighted by molar-refractivity contribution is 5.69. The van der Waals surface area contributed by atoms with E-state index in [1.54, 1.807) is 20.3 Å². The van der Waals surface area contributed by atoms with Crippen molar-refractivity contribution in [3.63, 3.8) is 0 Å². The zero-order valence-electron chi connectivity index (χ0n) is 23.8. The van der Waals surface area contributed by atoms with Gasteiger partial charge in [0.05, 0.1) is 26.9 Å². The lowest BCUT2D eigenvalue weighted by atomic mass is 9.86. The van der Waals surface area contributed by atoms with Crippen molar-refractivity contribution < 1.29 is 32.2 Å². The predicted molar refractivity (Wildman–Crippen MR) is 148 cm³/mol. The van der Waals surface area contributed by atoms with Crippen LogP contribution >= 0.6 is 0 Å². The van der Waals surface area contributed by atoms with Crippen LogP contribution in [0, 0.1) is 12.8 Å². The van der Waals surface area contributed by atoms with E-state index in [4.69, 9.17) is 14.2 Å². The molecule has 0 aliphatic carbocycles. The maximum atomic E-state index is 13.2. The summed E-state index contributed by atoms with van der Waals surface area (Å²) >= 11 is 0. The van der Waals surface area contributed by atoms with Crippen LogP contribution < -0.4 is 14.4 Å². The zero-order chi connectivity index (χ0) is 28.9. The number of methoxy groups -OCH3 is 3. The van der Waals surface area contributed by atoms with Crippen LogP contribution in [0.2, 0.25) is 0 Å². The third kappa shape index (κ3) is 7.01. The minimum Gasteiger partial charge on any atom is -0.496 e. The monoisotopic (exact) mass is 563 g/mol. The molecule has 0 bridgehead atoms. The van der Waals surface area contributed by atoms with Crippen LogP contribution in [0.25, 0.3) is 0 Å². The van der Waals surface area contributed by atoms with Gasteiger partial charge in [-0.3, -0.25) is 14.6 Å². The van der Waals surface area contributed by atoms with E-state index in [1.807, 2.05) is 24.0 Å². The van der Waals surface area contributed by atoms with Crippen LogP contribution in [0.1, 0.15) is 36.0 Å². The number of piperazine rings is 1. The molecular formula is C30H40F3N3O4. The van der Waals surface area contributed by atoms with Crippen molar-refractivity contribution in [1.82, 2.24) is 9.80 Å². The molecule has 0 saturated carbocycles. The maximum Gasteiger partial charge on any atom is 0.416 e. The van der Waals surface area contributed by atoms with Gasteiger partial charge >= 0.3 is 12.1 Å². The fourth-order valence-electron chi connectivity index (χ4n) is 6.20. The third-order valence-corrected chi connectivity index (χ3v) is 8.30. The molecule has 4 rings (SSSR count). The van der Waals surface area contributed by atoms with Crippen LogP contribution in [0.5, 0.6) is 11.5 Å². The number of esters is 1.